The van der Waals surface area contributed by atoms with Crippen LogP contribution in [0.25, 0.3) is 0 Å². The zero-order chi connectivity index (χ0) is 14.1. The third kappa shape index (κ3) is 3.23. The lowest BCUT2D eigenvalue weighted by Crippen LogP contribution is -2.65. The molecule has 18 heavy (non-hydrogen) atoms. The smallest absolute Gasteiger partial charge is 0.325 e. The highest BCUT2D eigenvalue weighted by molar-refractivity contribution is 5.76. The maximum atomic E-state index is 12.0. The van der Waals surface area contributed by atoms with E-state index in [0.717, 1.165) is 0 Å². The van der Waals surface area contributed by atoms with Gasteiger partial charge in [0.15, 0.2) is 0 Å². The van der Waals surface area contributed by atoms with Crippen LogP contribution in [0.2, 0.25) is 0 Å². The highest BCUT2D eigenvalue weighted by Crippen LogP contribution is 2.34. The van der Waals surface area contributed by atoms with Crippen molar-refractivity contribution < 1.29 is 14.3 Å². The van der Waals surface area contributed by atoms with E-state index in [9.17, 15) is 4.79 Å². The molecule has 0 aliphatic carbocycles. The Labute approximate surface area is 111 Å². The molecule has 1 aliphatic rings. The molecule has 1 fully saturated rings. The van der Waals surface area contributed by atoms with E-state index in [1.807, 2.05) is 0 Å². The van der Waals surface area contributed by atoms with Crippen LogP contribution >= 0.6 is 0 Å². The van der Waals surface area contributed by atoms with Crippen molar-refractivity contribution >= 4 is 5.97 Å². The summed E-state index contributed by atoms with van der Waals surface area (Å²) in [5, 5.41) is 0. The Kier molecular flexibility index (Phi) is 4.44. The third-order valence-electron chi connectivity index (χ3n) is 3.47. The first-order chi connectivity index (χ1) is 8.09. The predicted molar refractivity (Wildman–Crippen MR) is 71.5 cm³/mol. The summed E-state index contributed by atoms with van der Waals surface area (Å²) in [6.07, 6.45) is 0. The Bertz CT molecular complexity index is 301. The average Bonchev–Trinajstić information content (AvgIpc) is 2.24. The summed E-state index contributed by atoms with van der Waals surface area (Å²) < 4.78 is 10.5. The van der Waals surface area contributed by atoms with Crippen molar-refractivity contribution in [3.8, 4) is 0 Å². The van der Waals surface area contributed by atoms with E-state index < -0.39 is 0 Å². The molecule has 0 bridgehead atoms. The number of methoxy groups -OCH3 is 1. The minimum Gasteiger partial charge on any atom is -0.468 e. The minimum absolute atomic E-state index is 0.0555. The van der Waals surface area contributed by atoms with Crippen LogP contribution in [0.4, 0.5) is 0 Å². The molecular weight excluding hydrogens is 230 g/mol. The Hall–Kier alpha value is -0.610. The van der Waals surface area contributed by atoms with Gasteiger partial charge in [0.2, 0.25) is 0 Å². The molecule has 0 saturated carbocycles. The fraction of sp³-hybridized carbons (Fsp3) is 0.929. The van der Waals surface area contributed by atoms with Crippen molar-refractivity contribution in [2.24, 2.45) is 5.41 Å². The molecule has 4 nitrogen and oxygen atoms in total. The van der Waals surface area contributed by atoms with Gasteiger partial charge in [-0.25, -0.2) is 0 Å². The van der Waals surface area contributed by atoms with Crippen molar-refractivity contribution in [3.05, 3.63) is 0 Å². The van der Waals surface area contributed by atoms with Crippen LogP contribution in [0.15, 0.2) is 0 Å². The first-order valence-electron chi connectivity index (χ1n) is 6.53. The number of hydrogen-bond donors (Lipinski definition) is 0. The van der Waals surface area contributed by atoms with E-state index in [0.29, 0.717) is 13.2 Å². The summed E-state index contributed by atoms with van der Waals surface area (Å²) in [6.45, 7) is 14.0. The minimum atomic E-state index is -0.312. The van der Waals surface area contributed by atoms with Crippen LogP contribution in [-0.4, -0.2) is 48.8 Å². The van der Waals surface area contributed by atoms with Crippen LogP contribution in [-0.2, 0) is 14.3 Å². The third-order valence-corrected chi connectivity index (χ3v) is 3.47. The van der Waals surface area contributed by atoms with Gasteiger partial charge in [-0.1, -0.05) is 20.8 Å². The molecule has 2 unspecified atom stereocenters. The van der Waals surface area contributed by atoms with Gasteiger partial charge in [0.05, 0.1) is 20.3 Å². The van der Waals surface area contributed by atoms with E-state index >= 15 is 0 Å². The van der Waals surface area contributed by atoms with Gasteiger partial charge in [-0.15, -0.1) is 0 Å². The molecule has 4 heteroatoms. The normalized spacial score (nSPS) is 27.1. The van der Waals surface area contributed by atoms with Crippen LogP contribution in [0.3, 0.4) is 0 Å². The van der Waals surface area contributed by atoms with Crippen molar-refractivity contribution in [1.82, 2.24) is 4.90 Å². The number of morpholine rings is 1. The van der Waals surface area contributed by atoms with Crippen molar-refractivity contribution in [2.75, 3.05) is 20.3 Å². The first-order valence-corrected chi connectivity index (χ1v) is 6.53. The number of esters is 1. The van der Waals surface area contributed by atoms with Crippen LogP contribution in [0.1, 0.15) is 41.5 Å². The lowest BCUT2D eigenvalue weighted by Gasteiger charge is -2.52. The van der Waals surface area contributed by atoms with Gasteiger partial charge in [-0.3, -0.25) is 9.69 Å². The highest BCUT2D eigenvalue weighted by Gasteiger charge is 2.46. The molecule has 0 aromatic carbocycles. The van der Waals surface area contributed by atoms with E-state index in [2.05, 4.69) is 46.4 Å². The monoisotopic (exact) mass is 257 g/mol. The van der Waals surface area contributed by atoms with E-state index in [1.165, 1.54) is 7.11 Å². The Morgan fingerprint density at radius 3 is 2.11 bits per heavy atom. The van der Waals surface area contributed by atoms with Gasteiger partial charge in [-0.05, 0) is 26.2 Å². The first kappa shape index (κ1) is 15.4. The summed E-state index contributed by atoms with van der Waals surface area (Å²) in [7, 11) is 1.43. The number of ether oxygens (including phenoxy) is 2. The second kappa shape index (κ2) is 5.17. The second-order valence-corrected chi connectivity index (χ2v) is 7.04. The maximum absolute atomic E-state index is 12.0. The second-order valence-electron chi connectivity index (χ2n) is 7.04. The summed E-state index contributed by atoms with van der Waals surface area (Å²) in [4.78, 5) is 14.2. The zero-order valence-electron chi connectivity index (χ0n) is 12.7. The number of nitrogens with zero attached hydrogens (tertiary/aromatic N) is 1. The van der Waals surface area contributed by atoms with Gasteiger partial charge >= 0.3 is 5.97 Å². The molecule has 1 aliphatic heterocycles. The summed E-state index contributed by atoms with van der Waals surface area (Å²) in [5.41, 5.74) is -0.0411. The Balaban J connectivity index is 3.09. The summed E-state index contributed by atoms with van der Waals surface area (Å²) in [6, 6.07) is -0.108. The number of hydrogen-bond acceptors (Lipinski definition) is 4. The molecule has 2 atom stereocenters. The van der Waals surface area contributed by atoms with Crippen molar-refractivity contribution in [3.63, 3.8) is 0 Å². The fourth-order valence-electron chi connectivity index (χ4n) is 2.59. The topological polar surface area (TPSA) is 38.8 Å². The molecule has 1 heterocycles. The lowest BCUT2D eigenvalue weighted by atomic mass is 9.82. The standard InChI is InChI=1S/C14H27NO3/c1-13(2,3)11-9-18-8-10(12(16)17-7)15(11)14(4,5)6/h10-11H,8-9H2,1-7H3. The molecule has 1 saturated heterocycles. The van der Waals surface area contributed by atoms with Crippen LogP contribution < -0.4 is 0 Å². The summed E-state index contributed by atoms with van der Waals surface area (Å²) in [5.74, 6) is -0.209. The van der Waals surface area contributed by atoms with Gasteiger partial charge in [0.25, 0.3) is 0 Å². The van der Waals surface area contributed by atoms with Gasteiger partial charge < -0.3 is 9.47 Å². The largest absolute Gasteiger partial charge is 0.468 e. The number of carbonyl (C=O) groups excluding carboxylic acids is 1. The highest BCUT2D eigenvalue weighted by atomic mass is 16.5. The van der Waals surface area contributed by atoms with Crippen LogP contribution in [0, 0.1) is 5.41 Å². The molecule has 1 rings (SSSR count). The van der Waals surface area contributed by atoms with Crippen molar-refractivity contribution in [2.45, 2.75) is 59.2 Å². The molecule has 0 radical (unpaired) electrons. The maximum Gasteiger partial charge on any atom is 0.325 e. The van der Waals surface area contributed by atoms with Gasteiger partial charge in [0.1, 0.15) is 6.04 Å². The summed E-state index contributed by atoms with van der Waals surface area (Å²) >= 11 is 0. The average molecular weight is 257 g/mol. The Morgan fingerprint density at radius 2 is 1.72 bits per heavy atom. The molecule has 0 spiro atoms. The number of rotatable bonds is 1. The van der Waals surface area contributed by atoms with Crippen LogP contribution in [0.5, 0.6) is 0 Å². The molecule has 0 N–H and O–H groups in total. The lowest BCUT2D eigenvalue weighted by molar-refractivity contribution is -0.170. The predicted octanol–water partition coefficient (Wildman–Crippen LogP) is 2.07. The molecule has 0 amide bonds. The molecule has 0 aromatic rings. The SMILES string of the molecule is COC(=O)C1COCC(C(C)(C)C)N1C(C)(C)C. The molecule has 0 aromatic heterocycles. The van der Waals surface area contributed by atoms with Gasteiger partial charge in [-0.2, -0.15) is 0 Å². The van der Waals surface area contributed by atoms with Crippen molar-refractivity contribution in [1.29, 1.82) is 0 Å². The van der Waals surface area contributed by atoms with E-state index in [-0.39, 0.29) is 29.0 Å². The number of carbonyl (C=O) groups is 1. The fourth-order valence-corrected chi connectivity index (χ4v) is 2.59. The van der Waals surface area contributed by atoms with Gasteiger partial charge in [0, 0.05) is 11.6 Å². The van der Waals surface area contributed by atoms with E-state index in [1.54, 1.807) is 0 Å². The molecule has 106 valence electrons. The zero-order valence-corrected chi connectivity index (χ0v) is 12.7. The van der Waals surface area contributed by atoms with E-state index in [4.69, 9.17) is 9.47 Å². The quantitative estimate of drug-likeness (QED) is 0.674. The molecular formula is C14H27NO3. The Morgan fingerprint density at radius 1 is 1.17 bits per heavy atom.